The molecule has 0 aliphatic rings. The first-order valence-electron chi connectivity index (χ1n) is 6.15. The summed E-state index contributed by atoms with van der Waals surface area (Å²) in [5, 5.41) is 7.00. The zero-order valence-electron chi connectivity index (χ0n) is 11.1. The van der Waals surface area contributed by atoms with Crippen LogP contribution in [0.3, 0.4) is 0 Å². The Morgan fingerprint density at radius 2 is 2.06 bits per heavy atom. The van der Waals surface area contributed by atoms with E-state index >= 15 is 0 Å². The van der Waals surface area contributed by atoms with Crippen molar-refractivity contribution < 1.29 is 4.79 Å². The summed E-state index contributed by atoms with van der Waals surface area (Å²) in [4.78, 5) is 15.2. The second kappa shape index (κ2) is 5.23. The SMILES string of the molecule is CNCCNC(=O)c1ccc2[nH]c(C)c(C)c2c1. The molecule has 1 heterocycles. The Morgan fingerprint density at radius 1 is 1.28 bits per heavy atom. The third-order valence-electron chi connectivity index (χ3n) is 3.23. The van der Waals surface area contributed by atoms with Crippen LogP contribution in [0.15, 0.2) is 18.2 Å². The minimum atomic E-state index is -0.0228. The first kappa shape index (κ1) is 12.6. The number of hydrogen-bond donors (Lipinski definition) is 3. The summed E-state index contributed by atoms with van der Waals surface area (Å²) in [7, 11) is 1.87. The average molecular weight is 245 g/mol. The fourth-order valence-corrected chi connectivity index (χ4v) is 2.01. The maximum atomic E-state index is 11.9. The summed E-state index contributed by atoms with van der Waals surface area (Å²) in [6.45, 7) is 5.52. The van der Waals surface area contributed by atoms with Crippen LogP contribution in [0.5, 0.6) is 0 Å². The number of carbonyl (C=O) groups is 1. The molecule has 0 bridgehead atoms. The number of aryl methyl sites for hydroxylation is 2. The number of nitrogens with one attached hydrogen (secondary N) is 3. The molecular formula is C14H19N3O. The van der Waals surface area contributed by atoms with Gasteiger partial charge >= 0.3 is 0 Å². The van der Waals surface area contributed by atoms with Crippen LogP contribution in [0.4, 0.5) is 0 Å². The molecule has 1 aromatic heterocycles. The Hall–Kier alpha value is -1.81. The first-order chi connectivity index (χ1) is 8.63. The summed E-state index contributed by atoms with van der Waals surface area (Å²) < 4.78 is 0. The lowest BCUT2D eigenvalue weighted by molar-refractivity contribution is 0.0954. The van der Waals surface area contributed by atoms with Gasteiger partial charge in [0.15, 0.2) is 0 Å². The topological polar surface area (TPSA) is 56.9 Å². The monoisotopic (exact) mass is 245 g/mol. The van der Waals surface area contributed by atoms with E-state index < -0.39 is 0 Å². The van der Waals surface area contributed by atoms with Crippen LogP contribution in [0.25, 0.3) is 10.9 Å². The highest BCUT2D eigenvalue weighted by atomic mass is 16.1. The molecular weight excluding hydrogens is 226 g/mol. The van der Waals surface area contributed by atoms with E-state index in [0.29, 0.717) is 12.1 Å². The van der Waals surface area contributed by atoms with Crippen molar-refractivity contribution in [2.24, 2.45) is 0 Å². The fraction of sp³-hybridized carbons (Fsp3) is 0.357. The van der Waals surface area contributed by atoms with Crippen molar-refractivity contribution >= 4 is 16.8 Å². The van der Waals surface area contributed by atoms with Gasteiger partial charge in [-0.2, -0.15) is 0 Å². The number of amides is 1. The highest BCUT2D eigenvalue weighted by molar-refractivity contribution is 5.99. The fourth-order valence-electron chi connectivity index (χ4n) is 2.01. The predicted molar refractivity (Wildman–Crippen MR) is 74.0 cm³/mol. The Morgan fingerprint density at radius 3 is 2.78 bits per heavy atom. The van der Waals surface area contributed by atoms with Gasteiger partial charge in [0.1, 0.15) is 0 Å². The van der Waals surface area contributed by atoms with E-state index in [-0.39, 0.29) is 5.91 Å². The molecule has 0 spiro atoms. The van der Waals surface area contributed by atoms with Crippen molar-refractivity contribution in [3.63, 3.8) is 0 Å². The molecule has 96 valence electrons. The van der Waals surface area contributed by atoms with Crippen LogP contribution in [0.2, 0.25) is 0 Å². The summed E-state index contributed by atoms with van der Waals surface area (Å²) in [6, 6.07) is 5.76. The van der Waals surface area contributed by atoms with E-state index in [4.69, 9.17) is 0 Å². The molecule has 4 heteroatoms. The van der Waals surface area contributed by atoms with E-state index in [1.807, 2.05) is 32.2 Å². The van der Waals surface area contributed by atoms with E-state index in [9.17, 15) is 4.79 Å². The van der Waals surface area contributed by atoms with Crippen molar-refractivity contribution in [3.05, 3.63) is 35.0 Å². The number of likely N-dealkylation sites (N-methyl/N-ethyl adjacent to an activating group) is 1. The van der Waals surface area contributed by atoms with Gasteiger partial charge in [-0.1, -0.05) is 0 Å². The van der Waals surface area contributed by atoms with Gasteiger partial charge in [-0.05, 0) is 44.7 Å². The lowest BCUT2D eigenvalue weighted by Gasteiger charge is -2.05. The molecule has 0 atom stereocenters. The molecule has 0 saturated heterocycles. The van der Waals surface area contributed by atoms with Gasteiger partial charge in [0.25, 0.3) is 5.91 Å². The van der Waals surface area contributed by atoms with Gasteiger partial charge in [-0.3, -0.25) is 4.79 Å². The van der Waals surface area contributed by atoms with Crippen molar-refractivity contribution in [1.82, 2.24) is 15.6 Å². The Kier molecular flexibility index (Phi) is 3.67. The predicted octanol–water partition coefficient (Wildman–Crippen LogP) is 1.73. The van der Waals surface area contributed by atoms with E-state index in [1.54, 1.807) is 0 Å². The number of rotatable bonds is 4. The Labute approximate surface area is 107 Å². The summed E-state index contributed by atoms with van der Waals surface area (Å²) >= 11 is 0. The second-order valence-corrected chi connectivity index (χ2v) is 4.49. The number of benzene rings is 1. The van der Waals surface area contributed by atoms with Gasteiger partial charge in [0, 0.05) is 35.2 Å². The largest absolute Gasteiger partial charge is 0.358 e. The molecule has 4 nitrogen and oxygen atoms in total. The van der Waals surface area contributed by atoms with Crippen molar-refractivity contribution in [3.8, 4) is 0 Å². The van der Waals surface area contributed by atoms with E-state index in [1.165, 1.54) is 5.56 Å². The Bertz CT molecular complexity index is 572. The van der Waals surface area contributed by atoms with Crippen LogP contribution in [0, 0.1) is 13.8 Å². The van der Waals surface area contributed by atoms with Crippen LogP contribution < -0.4 is 10.6 Å². The highest BCUT2D eigenvalue weighted by Gasteiger charge is 2.09. The number of hydrogen-bond acceptors (Lipinski definition) is 2. The van der Waals surface area contributed by atoms with Gasteiger partial charge in [0.2, 0.25) is 0 Å². The number of H-pyrrole nitrogens is 1. The van der Waals surface area contributed by atoms with E-state index in [2.05, 4.69) is 22.5 Å². The molecule has 2 aromatic rings. The van der Waals surface area contributed by atoms with Crippen molar-refractivity contribution in [1.29, 1.82) is 0 Å². The lowest BCUT2D eigenvalue weighted by atomic mass is 10.1. The molecule has 1 amide bonds. The number of carbonyl (C=O) groups excluding carboxylic acids is 1. The molecule has 0 fully saturated rings. The molecule has 0 aliphatic heterocycles. The lowest BCUT2D eigenvalue weighted by Crippen LogP contribution is -2.30. The van der Waals surface area contributed by atoms with Crippen LogP contribution in [-0.2, 0) is 0 Å². The molecule has 0 unspecified atom stereocenters. The minimum absolute atomic E-state index is 0.0228. The van der Waals surface area contributed by atoms with Gasteiger partial charge in [-0.15, -0.1) is 0 Å². The first-order valence-corrected chi connectivity index (χ1v) is 6.15. The van der Waals surface area contributed by atoms with Crippen molar-refractivity contribution in [2.75, 3.05) is 20.1 Å². The van der Waals surface area contributed by atoms with Gasteiger partial charge < -0.3 is 15.6 Å². The summed E-state index contributed by atoms with van der Waals surface area (Å²) in [6.07, 6.45) is 0. The molecule has 0 aliphatic carbocycles. The highest BCUT2D eigenvalue weighted by Crippen LogP contribution is 2.22. The molecule has 0 saturated carbocycles. The third kappa shape index (κ3) is 2.38. The van der Waals surface area contributed by atoms with Crippen LogP contribution in [-0.4, -0.2) is 31.0 Å². The number of aromatic nitrogens is 1. The van der Waals surface area contributed by atoms with Crippen LogP contribution >= 0.6 is 0 Å². The number of aromatic amines is 1. The molecule has 3 N–H and O–H groups in total. The molecule has 18 heavy (non-hydrogen) atoms. The van der Waals surface area contributed by atoms with Gasteiger partial charge in [-0.25, -0.2) is 0 Å². The minimum Gasteiger partial charge on any atom is -0.358 e. The average Bonchev–Trinajstić information content (AvgIpc) is 2.65. The number of fused-ring (bicyclic) bond motifs is 1. The third-order valence-corrected chi connectivity index (χ3v) is 3.23. The quantitative estimate of drug-likeness (QED) is 0.719. The zero-order chi connectivity index (χ0) is 13.1. The maximum absolute atomic E-state index is 11.9. The maximum Gasteiger partial charge on any atom is 0.251 e. The molecule has 2 rings (SSSR count). The normalized spacial score (nSPS) is 10.8. The zero-order valence-corrected chi connectivity index (χ0v) is 11.1. The smallest absolute Gasteiger partial charge is 0.251 e. The Balaban J connectivity index is 2.24. The van der Waals surface area contributed by atoms with Gasteiger partial charge in [0.05, 0.1) is 0 Å². The van der Waals surface area contributed by atoms with Crippen molar-refractivity contribution in [2.45, 2.75) is 13.8 Å². The molecule has 0 radical (unpaired) electrons. The standard InChI is InChI=1S/C14H19N3O/c1-9-10(2)17-13-5-4-11(8-12(9)13)14(18)16-7-6-15-3/h4-5,8,15,17H,6-7H2,1-3H3,(H,16,18). The van der Waals surface area contributed by atoms with E-state index in [0.717, 1.165) is 23.1 Å². The summed E-state index contributed by atoms with van der Waals surface area (Å²) in [5.74, 6) is -0.0228. The molecule has 1 aromatic carbocycles. The second-order valence-electron chi connectivity index (χ2n) is 4.49. The summed E-state index contributed by atoms with van der Waals surface area (Å²) in [5.41, 5.74) is 4.14. The van der Waals surface area contributed by atoms with Crippen LogP contribution in [0.1, 0.15) is 21.6 Å².